The summed E-state index contributed by atoms with van der Waals surface area (Å²) in [6.07, 6.45) is 3.91. The number of hydrogen-bond acceptors (Lipinski definition) is 3. The van der Waals surface area contributed by atoms with Crippen molar-refractivity contribution >= 4 is 11.7 Å². The van der Waals surface area contributed by atoms with Crippen LogP contribution in [0.25, 0.3) is 0 Å². The zero-order valence-corrected chi connectivity index (χ0v) is 9.00. The van der Waals surface area contributed by atoms with Gasteiger partial charge in [-0.25, -0.2) is 0 Å². The fourth-order valence-corrected chi connectivity index (χ4v) is 1.25. The molecule has 1 aromatic rings. The molecule has 0 aliphatic carbocycles. The van der Waals surface area contributed by atoms with E-state index >= 15 is 0 Å². The second kappa shape index (κ2) is 5.42. The van der Waals surface area contributed by atoms with Gasteiger partial charge in [-0.2, -0.15) is 10.1 Å². The zero-order chi connectivity index (χ0) is 10.4. The molecule has 0 atom stereocenters. The lowest BCUT2D eigenvalue weighted by Crippen LogP contribution is -1.98. The average Bonchev–Trinajstić information content (AvgIpc) is 2.54. The van der Waals surface area contributed by atoms with E-state index in [1.165, 1.54) is 0 Å². The minimum atomic E-state index is 0.645. The molecule has 1 aromatic heterocycles. The molecule has 0 aromatic carbocycles. The van der Waals surface area contributed by atoms with Crippen molar-refractivity contribution in [3.8, 4) is 0 Å². The summed E-state index contributed by atoms with van der Waals surface area (Å²) in [5.74, 6) is 1.49. The van der Waals surface area contributed by atoms with E-state index in [0.717, 1.165) is 24.2 Å². The first kappa shape index (κ1) is 10.8. The third kappa shape index (κ3) is 2.87. The van der Waals surface area contributed by atoms with Crippen molar-refractivity contribution in [1.29, 1.82) is 0 Å². The van der Waals surface area contributed by atoms with Gasteiger partial charge >= 0.3 is 0 Å². The first-order chi connectivity index (χ1) is 6.77. The van der Waals surface area contributed by atoms with Crippen LogP contribution in [0.2, 0.25) is 0 Å². The van der Waals surface area contributed by atoms with Gasteiger partial charge in [0.15, 0.2) is 11.7 Å². The van der Waals surface area contributed by atoms with Crippen LogP contribution in [0.5, 0.6) is 0 Å². The molecule has 0 saturated heterocycles. The lowest BCUT2D eigenvalue weighted by molar-refractivity contribution is 0.324. The number of aryl methyl sites for hydroxylation is 1. The van der Waals surface area contributed by atoms with E-state index in [1.807, 2.05) is 20.0 Å². The zero-order valence-electron chi connectivity index (χ0n) is 9.00. The number of rotatable bonds is 4. The van der Waals surface area contributed by atoms with Crippen LogP contribution in [-0.4, -0.2) is 22.7 Å². The van der Waals surface area contributed by atoms with Crippen molar-refractivity contribution in [3.05, 3.63) is 11.8 Å². The standard InChI is InChI=1S/C10H17N3O/c1-4-6-9-7-11-13-10(9)12-8(3)14-5-2/h7H,4-6H2,1-3H3,(H,11,13)/b12-8+. The highest BCUT2D eigenvalue weighted by atomic mass is 16.5. The molecule has 4 nitrogen and oxygen atoms in total. The van der Waals surface area contributed by atoms with E-state index in [2.05, 4.69) is 22.1 Å². The Morgan fingerprint density at radius 2 is 2.36 bits per heavy atom. The highest BCUT2D eigenvalue weighted by molar-refractivity contribution is 5.76. The monoisotopic (exact) mass is 195 g/mol. The van der Waals surface area contributed by atoms with Crippen molar-refractivity contribution in [2.24, 2.45) is 4.99 Å². The molecule has 0 amide bonds. The van der Waals surface area contributed by atoms with Crippen LogP contribution in [0.1, 0.15) is 32.8 Å². The quantitative estimate of drug-likeness (QED) is 0.592. The largest absolute Gasteiger partial charge is 0.481 e. The topological polar surface area (TPSA) is 50.3 Å². The smallest absolute Gasteiger partial charge is 0.186 e. The first-order valence-corrected chi connectivity index (χ1v) is 4.98. The van der Waals surface area contributed by atoms with Gasteiger partial charge in [0.1, 0.15) is 0 Å². The Morgan fingerprint density at radius 3 is 3.00 bits per heavy atom. The van der Waals surface area contributed by atoms with Crippen LogP contribution < -0.4 is 0 Å². The van der Waals surface area contributed by atoms with Crippen molar-refractivity contribution in [1.82, 2.24) is 10.2 Å². The Kier molecular flexibility index (Phi) is 4.16. The molecule has 14 heavy (non-hydrogen) atoms. The SMILES string of the molecule is CCCc1cn[nH]c1/N=C(\C)OCC. The first-order valence-electron chi connectivity index (χ1n) is 4.98. The van der Waals surface area contributed by atoms with Gasteiger partial charge in [0.25, 0.3) is 0 Å². The lowest BCUT2D eigenvalue weighted by Gasteiger charge is -2.01. The molecule has 0 unspecified atom stereocenters. The van der Waals surface area contributed by atoms with Gasteiger partial charge in [0.05, 0.1) is 12.8 Å². The van der Waals surface area contributed by atoms with Gasteiger partial charge in [0, 0.05) is 12.5 Å². The summed E-state index contributed by atoms with van der Waals surface area (Å²) >= 11 is 0. The molecule has 0 radical (unpaired) electrons. The van der Waals surface area contributed by atoms with Crippen molar-refractivity contribution in [2.45, 2.75) is 33.6 Å². The van der Waals surface area contributed by atoms with Gasteiger partial charge in [-0.1, -0.05) is 13.3 Å². The second-order valence-electron chi connectivity index (χ2n) is 3.06. The maximum Gasteiger partial charge on any atom is 0.186 e. The third-order valence-electron chi connectivity index (χ3n) is 1.84. The van der Waals surface area contributed by atoms with Crippen LogP contribution in [0.15, 0.2) is 11.2 Å². The summed E-state index contributed by atoms with van der Waals surface area (Å²) in [5, 5.41) is 6.83. The van der Waals surface area contributed by atoms with Gasteiger partial charge in [-0.05, 0) is 13.3 Å². The molecule has 0 spiro atoms. The van der Waals surface area contributed by atoms with E-state index in [1.54, 1.807) is 0 Å². The molecule has 4 heteroatoms. The second-order valence-corrected chi connectivity index (χ2v) is 3.06. The summed E-state index contributed by atoms with van der Waals surface area (Å²) in [7, 11) is 0. The maximum atomic E-state index is 5.25. The molecule has 0 aliphatic heterocycles. The molecule has 78 valence electrons. The van der Waals surface area contributed by atoms with Crippen molar-refractivity contribution in [2.75, 3.05) is 6.61 Å². The highest BCUT2D eigenvalue weighted by Crippen LogP contribution is 2.16. The fourth-order valence-electron chi connectivity index (χ4n) is 1.25. The number of hydrogen-bond donors (Lipinski definition) is 1. The normalized spacial score (nSPS) is 11.8. The molecule has 0 bridgehead atoms. The van der Waals surface area contributed by atoms with E-state index in [4.69, 9.17) is 4.74 Å². The number of aromatic nitrogens is 2. The summed E-state index contributed by atoms with van der Waals surface area (Å²) in [5.41, 5.74) is 1.14. The maximum absolute atomic E-state index is 5.25. The minimum absolute atomic E-state index is 0.645. The summed E-state index contributed by atoms with van der Waals surface area (Å²) in [6, 6.07) is 0. The Labute approximate surface area is 84.4 Å². The third-order valence-corrected chi connectivity index (χ3v) is 1.84. The molecule has 0 saturated carbocycles. The highest BCUT2D eigenvalue weighted by Gasteiger charge is 2.03. The van der Waals surface area contributed by atoms with Crippen LogP contribution in [0.3, 0.4) is 0 Å². The summed E-state index contributed by atoms with van der Waals surface area (Å²) < 4.78 is 5.25. The predicted octanol–water partition coefficient (Wildman–Crippen LogP) is 2.45. The van der Waals surface area contributed by atoms with Crippen LogP contribution in [0.4, 0.5) is 5.82 Å². The van der Waals surface area contributed by atoms with Crippen LogP contribution in [-0.2, 0) is 11.2 Å². The van der Waals surface area contributed by atoms with Gasteiger partial charge in [-0.3, -0.25) is 5.10 Å². The molecule has 1 rings (SSSR count). The lowest BCUT2D eigenvalue weighted by atomic mass is 10.2. The van der Waals surface area contributed by atoms with Crippen LogP contribution in [0, 0.1) is 0 Å². The molecule has 1 N–H and O–H groups in total. The number of nitrogens with one attached hydrogen (secondary N) is 1. The predicted molar refractivity (Wildman–Crippen MR) is 57.0 cm³/mol. The molecular formula is C10H17N3O. The van der Waals surface area contributed by atoms with Crippen LogP contribution >= 0.6 is 0 Å². The summed E-state index contributed by atoms with van der Waals surface area (Å²) in [6.45, 7) is 6.57. The minimum Gasteiger partial charge on any atom is -0.481 e. The fraction of sp³-hybridized carbons (Fsp3) is 0.600. The van der Waals surface area contributed by atoms with Gasteiger partial charge in [0.2, 0.25) is 0 Å². The number of aliphatic imine (C=N–C) groups is 1. The van der Waals surface area contributed by atoms with E-state index in [0.29, 0.717) is 12.5 Å². The number of H-pyrrole nitrogens is 1. The molecule has 0 aliphatic rings. The Morgan fingerprint density at radius 1 is 1.57 bits per heavy atom. The number of aromatic amines is 1. The van der Waals surface area contributed by atoms with E-state index < -0.39 is 0 Å². The van der Waals surface area contributed by atoms with E-state index in [-0.39, 0.29) is 0 Å². The Hall–Kier alpha value is -1.32. The molecule has 0 fully saturated rings. The van der Waals surface area contributed by atoms with Crippen molar-refractivity contribution < 1.29 is 4.74 Å². The summed E-state index contributed by atoms with van der Waals surface area (Å²) in [4.78, 5) is 4.30. The van der Waals surface area contributed by atoms with Crippen molar-refractivity contribution in [3.63, 3.8) is 0 Å². The molecular weight excluding hydrogens is 178 g/mol. The average molecular weight is 195 g/mol. The van der Waals surface area contributed by atoms with Gasteiger partial charge < -0.3 is 4.74 Å². The van der Waals surface area contributed by atoms with E-state index in [9.17, 15) is 0 Å². The number of nitrogens with zero attached hydrogens (tertiary/aromatic N) is 2. The Balaban J connectivity index is 2.74. The number of ether oxygens (including phenoxy) is 1. The Bertz CT molecular complexity index is 304. The molecule has 1 heterocycles. The van der Waals surface area contributed by atoms with Gasteiger partial charge in [-0.15, -0.1) is 0 Å².